The van der Waals surface area contributed by atoms with Gasteiger partial charge in [0.05, 0.1) is 5.69 Å². The van der Waals surface area contributed by atoms with E-state index in [0.29, 0.717) is 5.69 Å². The highest BCUT2D eigenvalue weighted by Crippen LogP contribution is 2.20. The van der Waals surface area contributed by atoms with Crippen LogP contribution in [0.4, 0.5) is 17.1 Å². The van der Waals surface area contributed by atoms with E-state index >= 15 is 0 Å². The monoisotopic (exact) mass is 243 g/mol. The number of nitrogens with zero attached hydrogens (tertiary/aromatic N) is 4. The summed E-state index contributed by atoms with van der Waals surface area (Å²) in [7, 11) is 3.97. The van der Waals surface area contributed by atoms with E-state index in [-0.39, 0.29) is 0 Å². The molecule has 0 bridgehead atoms. The normalized spacial score (nSPS) is 10.8. The highest BCUT2D eigenvalue weighted by atomic mass is 16.5. The smallest absolute Gasteiger partial charge is 0.249 e. The predicted octanol–water partition coefficient (Wildman–Crippen LogP) is 2.69. The molecule has 0 aliphatic rings. The summed E-state index contributed by atoms with van der Waals surface area (Å²) in [5.41, 5.74) is 2.48. The maximum Gasteiger partial charge on any atom is 0.249 e. The topological polar surface area (TPSA) is 52.1 Å². The molecule has 0 radical (unpaired) electrons. The van der Waals surface area contributed by atoms with Crippen LogP contribution in [0, 0.1) is 0 Å². The zero-order valence-electron chi connectivity index (χ0n) is 10.4. The summed E-state index contributed by atoms with van der Waals surface area (Å²) in [6.45, 7) is 0. The molecule has 2 rings (SSSR count). The number of anilines is 1. The van der Waals surface area contributed by atoms with Gasteiger partial charge in [0.15, 0.2) is 5.69 Å². The molecule has 0 fully saturated rings. The van der Waals surface area contributed by atoms with Gasteiger partial charge < -0.3 is 4.90 Å². The lowest BCUT2D eigenvalue weighted by Crippen LogP contribution is -2.27. The molecule has 0 unspecified atom stereocenters. The Kier molecular flexibility index (Phi) is 3.52. The molecule has 0 atom stereocenters. The number of rotatable bonds is 3. The summed E-state index contributed by atoms with van der Waals surface area (Å²) < 4.78 is 0.948. The summed E-state index contributed by atoms with van der Waals surface area (Å²) in [5.74, 6) is 0. The van der Waals surface area contributed by atoms with Crippen LogP contribution in [0.15, 0.2) is 59.0 Å². The predicted molar refractivity (Wildman–Crippen MR) is 68.8 cm³/mol. The molecule has 2 aromatic rings. The average Bonchev–Trinajstić information content (AvgIpc) is 2.37. The Balaban J connectivity index is 2.14. The number of benzene rings is 1. The van der Waals surface area contributed by atoms with E-state index in [1.807, 2.05) is 43.3 Å². The summed E-state index contributed by atoms with van der Waals surface area (Å²) in [5, 5.41) is 17.4. The fraction of sp³-hybridized carbons (Fsp3) is 0.154. The molecule has 0 amide bonds. The van der Waals surface area contributed by atoms with Crippen molar-refractivity contribution in [3.8, 4) is 0 Å². The van der Waals surface area contributed by atoms with E-state index in [2.05, 4.69) is 10.2 Å². The summed E-state index contributed by atoms with van der Waals surface area (Å²) >= 11 is 0. The largest absolute Gasteiger partial charge is 0.378 e. The molecular formula is C13H15N4O+. The Morgan fingerprint density at radius 1 is 1.00 bits per heavy atom. The fourth-order valence-electron chi connectivity index (χ4n) is 1.44. The highest BCUT2D eigenvalue weighted by Gasteiger charge is 1.99. The molecule has 0 aliphatic heterocycles. The van der Waals surface area contributed by atoms with Crippen LogP contribution in [0.1, 0.15) is 0 Å². The van der Waals surface area contributed by atoms with Gasteiger partial charge in [-0.1, -0.05) is 0 Å². The molecule has 1 aromatic heterocycles. The molecule has 1 N–H and O–H groups in total. The van der Waals surface area contributed by atoms with Crippen LogP contribution in [0.5, 0.6) is 0 Å². The van der Waals surface area contributed by atoms with Crippen LogP contribution >= 0.6 is 0 Å². The summed E-state index contributed by atoms with van der Waals surface area (Å²) in [6, 6.07) is 11.2. The second kappa shape index (κ2) is 5.27. The minimum atomic E-state index is 0.594. The Morgan fingerprint density at radius 2 is 1.67 bits per heavy atom. The van der Waals surface area contributed by atoms with Gasteiger partial charge in [-0.05, 0) is 30.3 Å². The first kappa shape index (κ1) is 12.0. The van der Waals surface area contributed by atoms with Gasteiger partial charge in [-0.2, -0.15) is 5.11 Å². The third-order valence-corrected chi connectivity index (χ3v) is 2.42. The van der Waals surface area contributed by atoms with Crippen molar-refractivity contribution in [2.24, 2.45) is 10.2 Å². The van der Waals surface area contributed by atoms with Gasteiger partial charge in [0.2, 0.25) is 12.4 Å². The number of hydrogen-bond donors (Lipinski definition) is 1. The van der Waals surface area contributed by atoms with Crippen LogP contribution in [-0.2, 0) is 0 Å². The van der Waals surface area contributed by atoms with Crippen LogP contribution < -0.4 is 9.63 Å². The van der Waals surface area contributed by atoms with Crippen molar-refractivity contribution in [2.75, 3.05) is 19.0 Å². The molecule has 0 spiro atoms. The maximum absolute atomic E-state index is 9.22. The first-order valence-corrected chi connectivity index (χ1v) is 5.55. The second-order valence-electron chi connectivity index (χ2n) is 4.05. The van der Waals surface area contributed by atoms with Gasteiger partial charge in [-0.25, -0.2) is 0 Å². The lowest BCUT2D eigenvalue weighted by molar-refractivity contribution is -0.904. The molecule has 5 nitrogen and oxygen atoms in total. The molecule has 0 aliphatic carbocycles. The number of aromatic nitrogens is 1. The van der Waals surface area contributed by atoms with Crippen molar-refractivity contribution in [3.05, 3.63) is 48.8 Å². The Labute approximate surface area is 106 Å². The Bertz CT molecular complexity index is 549. The Morgan fingerprint density at radius 3 is 2.28 bits per heavy atom. The van der Waals surface area contributed by atoms with Gasteiger partial charge in [-0.15, -0.1) is 5.11 Å². The molecule has 18 heavy (non-hydrogen) atoms. The third-order valence-electron chi connectivity index (χ3n) is 2.42. The van der Waals surface area contributed by atoms with E-state index in [9.17, 15) is 5.21 Å². The highest BCUT2D eigenvalue weighted by molar-refractivity contribution is 5.51. The van der Waals surface area contributed by atoms with Crippen LogP contribution in [0.2, 0.25) is 0 Å². The number of hydrogen-bond acceptors (Lipinski definition) is 4. The van der Waals surface area contributed by atoms with E-state index < -0.39 is 0 Å². The SMILES string of the molecule is CN(C)c1ccc(N=Nc2ccc[n+](O)c2)cc1. The lowest BCUT2D eigenvalue weighted by atomic mass is 10.3. The van der Waals surface area contributed by atoms with Crippen molar-refractivity contribution in [3.63, 3.8) is 0 Å². The van der Waals surface area contributed by atoms with Crippen LogP contribution in [-0.4, -0.2) is 19.3 Å². The van der Waals surface area contributed by atoms with Gasteiger partial charge in [0.1, 0.15) is 0 Å². The molecule has 1 aromatic carbocycles. The van der Waals surface area contributed by atoms with E-state index in [1.165, 1.54) is 12.4 Å². The van der Waals surface area contributed by atoms with Gasteiger partial charge in [0.25, 0.3) is 0 Å². The van der Waals surface area contributed by atoms with Gasteiger partial charge >= 0.3 is 0 Å². The van der Waals surface area contributed by atoms with E-state index in [4.69, 9.17) is 0 Å². The van der Waals surface area contributed by atoms with Crippen molar-refractivity contribution in [1.29, 1.82) is 0 Å². The molecule has 0 saturated heterocycles. The number of azo groups is 1. The molecule has 0 saturated carbocycles. The van der Waals surface area contributed by atoms with Gasteiger partial charge in [-0.3, -0.25) is 5.21 Å². The van der Waals surface area contributed by atoms with Gasteiger partial charge in [0, 0.05) is 30.6 Å². The zero-order chi connectivity index (χ0) is 13.0. The van der Waals surface area contributed by atoms with Crippen molar-refractivity contribution in [1.82, 2.24) is 0 Å². The zero-order valence-corrected chi connectivity index (χ0v) is 10.4. The Hall–Kier alpha value is -2.43. The van der Waals surface area contributed by atoms with E-state index in [1.54, 1.807) is 12.1 Å². The number of pyridine rings is 1. The molecule has 5 heteroatoms. The van der Waals surface area contributed by atoms with Crippen LogP contribution in [0.3, 0.4) is 0 Å². The fourth-order valence-corrected chi connectivity index (χ4v) is 1.44. The van der Waals surface area contributed by atoms with Crippen molar-refractivity contribution >= 4 is 17.1 Å². The maximum atomic E-state index is 9.22. The first-order chi connectivity index (χ1) is 8.65. The van der Waals surface area contributed by atoms with E-state index in [0.717, 1.165) is 16.1 Å². The van der Waals surface area contributed by atoms with Crippen molar-refractivity contribution in [2.45, 2.75) is 0 Å². The third kappa shape index (κ3) is 3.04. The lowest BCUT2D eigenvalue weighted by Gasteiger charge is -2.11. The quantitative estimate of drug-likeness (QED) is 0.512. The molecule has 1 heterocycles. The minimum Gasteiger partial charge on any atom is -0.378 e. The summed E-state index contributed by atoms with van der Waals surface area (Å²) in [6.07, 6.45) is 3.00. The second-order valence-corrected chi connectivity index (χ2v) is 4.05. The molecule has 92 valence electrons. The summed E-state index contributed by atoms with van der Waals surface area (Å²) in [4.78, 5) is 2.02. The van der Waals surface area contributed by atoms with Crippen molar-refractivity contribution < 1.29 is 9.94 Å². The van der Waals surface area contributed by atoms with Crippen LogP contribution in [0.25, 0.3) is 0 Å². The molecular weight excluding hydrogens is 228 g/mol. The first-order valence-electron chi connectivity index (χ1n) is 5.55. The minimum absolute atomic E-state index is 0.594. The standard InChI is InChI=1S/C13H15N4O/c1-16(2)13-7-5-11(6-8-13)14-15-12-4-3-9-17(18)10-12/h3-10,18H,1-2H3/q+1. The average molecular weight is 243 g/mol.